The first-order valence-corrected chi connectivity index (χ1v) is 9.43. The number of nitrogens with zero attached hydrogens (tertiary/aromatic N) is 1. The van der Waals surface area contributed by atoms with E-state index in [0.717, 1.165) is 37.7 Å². The van der Waals surface area contributed by atoms with E-state index in [4.69, 9.17) is 4.74 Å². The maximum Gasteiger partial charge on any atom is 0.252 e. The van der Waals surface area contributed by atoms with Crippen molar-refractivity contribution in [3.8, 4) is 0 Å². The fourth-order valence-electron chi connectivity index (χ4n) is 2.70. The molecule has 2 heterocycles. The predicted molar refractivity (Wildman–Crippen MR) is 81.7 cm³/mol. The Morgan fingerprint density at radius 3 is 2.90 bits per heavy atom. The van der Waals surface area contributed by atoms with Crippen LogP contribution in [-0.4, -0.2) is 39.0 Å². The molecule has 0 amide bonds. The zero-order valence-corrected chi connectivity index (χ0v) is 13.8. The average Bonchev–Trinajstić information content (AvgIpc) is 2.87. The van der Waals surface area contributed by atoms with E-state index in [1.165, 1.54) is 11.3 Å². The molecule has 1 fully saturated rings. The van der Waals surface area contributed by atoms with Crippen molar-refractivity contribution in [1.82, 2.24) is 4.31 Å². The number of methoxy groups -OCH3 is 1. The summed E-state index contributed by atoms with van der Waals surface area (Å²) in [5.74, 6) is 0. The summed E-state index contributed by atoms with van der Waals surface area (Å²) in [4.78, 5) is 0. The molecule has 1 aromatic rings. The molecule has 0 unspecified atom stereocenters. The Morgan fingerprint density at radius 2 is 2.25 bits per heavy atom. The van der Waals surface area contributed by atoms with Crippen molar-refractivity contribution in [1.29, 1.82) is 0 Å². The van der Waals surface area contributed by atoms with Gasteiger partial charge in [0.25, 0.3) is 10.0 Å². The minimum atomic E-state index is -3.32. The molecular weight excluding hydrogens is 294 g/mol. The molecule has 1 aliphatic rings. The van der Waals surface area contributed by atoms with Gasteiger partial charge in [0.15, 0.2) is 0 Å². The lowest BCUT2D eigenvalue weighted by Crippen LogP contribution is -2.43. The number of piperidine rings is 1. The number of rotatable bonds is 6. The maximum atomic E-state index is 12.7. The molecule has 0 bridgehead atoms. The van der Waals surface area contributed by atoms with Crippen LogP contribution in [0.25, 0.3) is 0 Å². The van der Waals surface area contributed by atoms with Crippen LogP contribution in [0.15, 0.2) is 15.7 Å². The highest BCUT2D eigenvalue weighted by molar-refractivity contribution is 7.91. The van der Waals surface area contributed by atoms with Crippen molar-refractivity contribution in [3.63, 3.8) is 0 Å². The Bertz CT molecular complexity index is 524. The fraction of sp³-hybridized carbons (Fsp3) is 0.714. The van der Waals surface area contributed by atoms with Crippen LogP contribution in [0.3, 0.4) is 0 Å². The highest BCUT2D eigenvalue weighted by Gasteiger charge is 2.33. The van der Waals surface area contributed by atoms with Crippen molar-refractivity contribution in [2.24, 2.45) is 0 Å². The lowest BCUT2D eigenvalue weighted by atomic mass is 10.0. The summed E-state index contributed by atoms with van der Waals surface area (Å²) in [5, 5.41) is 1.90. The molecule has 0 aliphatic carbocycles. The summed E-state index contributed by atoms with van der Waals surface area (Å²) in [5.41, 5.74) is 1.02. The van der Waals surface area contributed by atoms with Gasteiger partial charge in [-0.3, -0.25) is 0 Å². The lowest BCUT2D eigenvalue weighted by Gasteiger charge is -2.34. The van der Waals surface area contributed by atoms with Crippen LogP contribution in [0.4, 0.5) is 0 Å². The summed E-state index contributed by atoms with van der Waals surface area (Å²) in [7, 11) is -1.63. The first kappa shape index (κ1) is 15.9. The van der Waals surface area contributed by atoms with Gasteiger partial charge in [-0.25, -0.2) is 8.42 Å². The van der Waals surface area contributed by atoms with Gasteiger partial charge < -0.3 is 4.74 Å². The third kappa shape index (κ3) is 3.61. The van der Waals surface area contributed by atoms with Crippen molar-refractivity contribution in [2.75, 3.05) is 20.3 Å². The van der Waals surface area contributed by atoms with Crippen molar-refractivity contribution < 1.29 is 13.2 Å². The first-order valence-electron chi connectivity index (χ1n) is 7.11. The maximum absolute atomic E-state index is 12.7. The molecule has 20 heavy (non-hydrogen) atoms. The Labute approximate surface area is 125 Å². The van der Waals surface area contributed by atoms with Crippen LogP contribution >= 0.6 is 11.3 Å². The van der Waals surface area contributed by atoms with Crippen LogP contribution in [0, 0.1) is 6.92 Å². The highest BCUT2D eigenvalue weighted by Crippen LogP contribution is 2.30. The van der Waals surface area contributed by atoms with Crippen LogP contribution < -0.4 is 0 Å². The van der Waals surface area contributed by atoms with Gasteiger partial charge in [-0.15, -0.1) is 11.3 Å². The standard InChI is InChI=1S/C14H23NO3S2/c1-12-10-14(19-11-12)20(16,17)15-8-4-3-6-13(15)7-5-9-18-2/h10-11,13H,3-9H2,1-2H3/t13-/m0/s1. The number of hydrogen-bond acceptors (Lipinski definition) is 4. The van der Waals surface area contributed by atoms with Crippen molar-refractivity contribution in [3.05, 3.63) is 17.0 Å². The van der Waals surface area contributed by atoms with Gasteiger partial charge in [-0.1, -0.05) is 6.42 Å². The van der Waals surface area contributed by atoms with Gasteiger partial charge in [0.05, 0.1) is 0 Å². The second-order valence-corrected chi connectivity index (χ2v) is 8.37. The van der Waals surface area contributed by atoms with Crippen molar-refractivity contribution >= 4 is 21.4 Å². The number of sulfonamides is 1. The van der Waals surface area contributed by atoms with Crippen LogP contribution in [0.2, 0.25) is 0 Å². The molecule has 0 saturated carbocycles. The Kier molecular flexibility index (Phi) is 5.60. The minimum Gasteiger partial charge on any atom is -0.385 e. The zero-order chi connectivity index (χ0) is 14.6. The molecule has 1 aliphatic heterocycles. The van der Waals surface area contributed by atoms with Gasteiger partial charge >= 0.3 is 0 Å². The quantitative estimate of drug-likeness (QED) is 0.758. The van der Waals surface area contributed by atoms with Gasteiger partial charge in [0.2, 0.25) is 0 Å². The summed E-state index contributed by atoms with van der Waals surface area (Å²) in [6.45, 7) is 3.28. The summed E-state index contributed by atoms with van der Waals surface area (Å²) < 4.78 is 32.8. The first-order chi connectivity index (χ1) is 9.55. The number of thiophene rings is 1. The summed E-state index contributed by atoms with van der Waals surface area (Å²) in [6.07, 6.45) is 4.85. The molecule has 0 aromatic carbocycles. The van der Waals surface area contributed by atoms with E-state index >= 15 is 0 Å². The molecule has 6 heteroatoms. The summed E-state index contributed by atoms with van der Waals surface area (Å²) >= 11 is 1.33. The number of hydrogen-bond donors (Lipinski definition) is 0. The lowest BCUT2D eigenvalue weighted by molar-refractivity contribution is 0.172. The molecule has 1 aromatic heterocycles. The topological polar surface area (TPSA) is 46.6 Å². The van der Waals surface area contributed by atoms with E-state index in [9.17, 15) is 8.42 Å². The SMILES string of the molecule is COCCC[C@@H]1CCCCN1S(=O)(=O)c1cc(C)cs1. The van der Waals surface area contributed by atoms with E-state index in [0.29, 0.717) is 17.4 Å². The molecule has 2 rings (SSSR count). The number of ether oxygens (including phenoxy) is 1. The van der Waals surface area contributed by atoms with E-state index in [1.54, 1.807) is 17.5 Å². The van der Waals surface area contributed by atoms with Gasteiger partial charge in [-0.2, -0.15) is 4.31 Å². The Morgan fingerprint density at radius 1 is 1.45 bits per heavy atom. The third-order valence-electron chi connectivity index (χ3n) is 3.73. The average molecular weight is 317 g/mol. The van der Waals surface area contributed by atoms with E-state index < -0.39 is 10.0 Å². The molecule has 114 valence electrons. The third-order valence-corrected chi connectivity index (χ3v) is 7.21. The van der Waals surface area contributed by atoms with Crippen LogP contribution in [-0.2, 0) is 14.8 Å². The van der Waals surface area contributed by atoms with Crippen LogP contribution in [0.1, 0.15) is 37.7 Å². The van der Waals surface area contributed by atoms with Gasteiger partial charge in [0, 0.05) is 26.3 Å². The molecule has 0 radical (unpaired) electrons. The van der Waals surface area contributed by atoms with E-state index in [2.05, 4.69) is 0 Å². The number of aryl methyl sites for hydroxylation is 1. The molecular formula is C14H23NO3S2. The predicted octanol–water partition coefficient (Wildman–Crippen LogP) is 3.03. The smallest absolute Gasteiger partial charge is 0.252 e. The Hall–Kier alpha value is -0.430. The van der Waals surface area contributed by atoms with Crippen LogP contribution in [0.5, 0.6) is 0 Å². The molecule has 0 spiro atoms. The molecule has 0 N–H and O–H groups in total. The van der Waals surface area contributed by atoms with Gasteiger partial charge in [0.1, 0.15) is 4.21 Å². The zero-order valence-electron chi connectivity index (χ0n) is 12.2. The molecule has 4 nitrogen and oxygen atoms in total. The van der Waals surface area contributed by atoms with E-state index in [1.807, 2.05) is 12.3 Å². The molecule has 1 atom stereocenters. The second-order valence-electron chi connectivity index (χ2n) is 5.34. The monoisotopic (exact) mass is 317 g/mol. The summed E-state index contributed by atoms with van der Waals surface area (Å²) in [6, 6.07) is 1.91. The van der Waals surface area contributed by atoms with Gasteiger partial charge in [-0.05, 0) is 49.6 Å². The highest BCUT2D eigenvalue weighted by atomic mass is 32.2. The molecule has 1 saturated heterocycles. The Balaban J connectivity index is 2.14. The fourth-order valence-corrected chi connectivity index (χ4v) is 5.78. The second kappa shape index (κ2) is 7.02. The minimum absolute atomic E-state index is 0.131. The normalized spacial score (nSPS) is 21.2. The van der Waals surface area contributed by atoms with E-state index in [-0.39, 0.29) is 6.04 Å². The van der Waals surface area contributed by atoms with Crippen molar-refractivity contribution in [2.45, 2.75) is 49.3 Å². The largest absolute Gasteiger partial charge is 0.385 e.